The monoisotopic (exact) mass is 397 g/mol. The van der Waals surface area contributed by atoms with Crippen LogP contribution in [0.2, 0.25) is 0 Å². The van der Waals surface area contributed by atoms with Crippen molar-refractivity contribution in [3.8, 4) is 0 Å². The second-order valence-corrected chi connectivity index (χ2v) is 10.9. The predicted molar refractivity (Wildman–Crippen MR) is 95.0 cm³/mol. The number of carbonyl (C=O) groups excluding carboxylic acids is 2. The summed E-state index contributed by atoms with van der Waals surface area (Å²) in [6.45, 7) is 20.6. The third kappa shape index (κ3) is 23.5. The minimum absolute atomic E-state index is 0. The first-order chi connectivity index (χ1) is 10.2. The Hall–Kier alpha value is -0.541. The van der Waals surface area contributed by atoms with Crippen LogP contribution in [-0.4, -0.2) is 11.9 Å². The zero-order chi connectivity index (χ0) is 20.0. The molecule has 0 saturated carbocycles. The molecule has 0 spiro atoms. The molecule has 5 heteroatoms. The third-order valence-electron chi connectivity index (χ3n) is 3.26. The van der Waals surface area contributed by atoms with Crippen LogP contribution in [0.1, 0.15) is 94.9 Å². The molecule has 0 aliphatic carbocycles. The van der Waals surface area contributed by atoms with Gasteiger partial charge in [-0.2, -0.15) is 0 Å². The van der Waals surface area contributed by atoms with Crippen molar-refractivity contribution in [3.63, 3.8) is 0 Å². The van der Waals surface area contributed by atoms with E-state index < -0.39 is 11.9 Å². The van der Waals surface area contributed by atoms with Crippen molar-refractivity contribution in [2.75, 3.05) is 0 Å². The van der Waals surface area contributed by atoms with Gasteiger partial charge in [0.2, 0.25) is 0 Å². The van der Waals surface area contributed by atoms with Crippen LogP contribution >= 0.6 is 0 Å². The number of hydrogen-bond donors (Lipinski definition) is 0. The second kappa shape index (κ2) is 10.6. The van der Waals surface area contributed by atoms with Crippen molar-refractivity contribution in [1.82, 2.24) is 0 Å². The molecule has 0 rings (SSSR count). The molecule has 0 N–H and O–H groups in total. The average molecular weight is 397 g/mol. The summed E-state index contributed by atoms with van der Waals surface area (Å²) >= 11 is 0. The van der Waals surface area contributed by atoms with Gasteiger partial charge >= 0.3 is 17.1 Å². The first-order valence-electron chi connectivity index (χ1n) is 8.64. The Morgan fingerprint density at radius 2 is 0.800 bits per heavy atom. The minimum Gasteiger partial charge on any atom is -0.550 e. The molecule has 0 aliphatic heterocycles. The summed E-state index contributed by atoms with van der Waals surface area (Å²) < 4.78 is 0. The van der Waals surface area contributed by atoms with E-state index in [1.165, 1.54) is 0 Å². The maximum absolute atomic E-state index is 10.4. The van der Waals surface area contributed by atoms with Gasteiger partial charge in [-0.25, -0.2) is 0 Å². The summed E-state index contributed by atoms with van der Waals surface area (Å²) in [5, 5.41) is 20.8. The predicted octanol–water partition coefficient (Wildman–Crippen LogP) is 3.18. The van der Waals surface area contributed by atoms with E-state index in [4.69, 9.17) is 0 Å². The molecule has 4 nitrogen and oxygen atoms in total. The molecule has 0 aromatic rings. The maximum Gasteiger partial charge on any atom is 2.00 e. The molecule has 149 valence electrons. The number of carboxylic acid groups (broad SMARTS) is 2. The molecule has 0 atom stereocenters. The van der Waals surface area contributed by atoms with Gasteiger partial charge in [0, 0.05) is 11.9 Å². The molecule has 0 saturated heterocycles. The van der Waals surface area contributed by atoms with Crippen LogP contribution in [0.25, 0.3) is 0 Å². The fourth-order valence-corrected chi connectivity index (χ4v) is 3.78. The van der Waals surface area contributed by atoms with Gasteiger partial charge in [0.25, 0.3) is 0 Å². The number of aliphatic carboxylic acids is 2. The van der Waals surface area contributed by atoms with Gasteiger partial charge in [0.15, 0.2) is 0 Å². The van der Waals surface area contributed by atoms with Gasteiger partial charge < -0.3 is 19.8 Å². The van der Waals surface area contributed by atoms with Gasteiger partial charge in [-0.1, -0.05) is 69.2 Å². The van der Waals surface area contributed by atoms with E-state index in [0.29, 0.717) is 0 Å². The summed E-state index contributed by atoms with van der Waals surface area (Å²) in [5.41, 5.74) is 0.0477. The third-order valence-corrected chi connectivity index (χ3v) is 3.26. The molecule has 0 aromatic carbocycles. The first kappa shape index (κ1) is 29.2. The Morgan fingerprint density at radius 1 is 0.600 bits per heavy atom. The van der Waals surface area contributed by atoms with Crippen LogP contribution in [0, 0.1) is 21.7 Å². The summed E-state index contributed by atoms with van der Waals surface area (Å²) in [4.78, 5) is 20.8. The number of rotatable bonds is 6. The Balaban J connectivity index is -0.000000372. The largest absolute Gasteiger partial charge is 2.00 e. The number of carbonyl (C=O) groups is 2. The van der Waals surface area contributed by atoms with E-state index in [1.54, 1.807) is 0 Å². The molecule has 0 unspecified atom stereocenters. The molecule has 0 bridgehead atoms. The van der Waals surface area contributed by atoms with E-state index in [2.05, 4.69) is 41.5 Å². The topological polar surface area (TPSA) is 80.3 Å². The van der Waals surface area contributed by atoms with Crippen molar-refractivity contribution in [1.29, 1.82) is 0 Å². The first-order valence-corrected chi connectivity index (χ1v) is 8.64. The number of hydrogen-bond acceptors (Lipinski definition) is 4. The standard InChI is InChI=1S/2C10H20O2.Mn/c2*1-9(2,3)7-10(4,5)6-8(11)12;/h2*6-7H2,1-5H3,(H,11,12);/q;;+2/p-2. The summed E-state index contributed by atoms with van der Waals surface area (Å²) in [5.74, 6) is -1.91. The van der Waals surface area contributed by atoms with Crippen molar-refractivity contribution in [2.24, 2.45) is 21.7 Å². The molecular weight excluding hydrogens is 359 g/mol. The van der Waals surface area contributed by atoms with Crippen LogP contribution in [0.5, 0.6) is 0 Å². The van der Waals surface area contributed by atoms with Crippen LogP contribution < -0.4 is 10.2 Å². The van der Waals surface area contributed by atoms with Crippen molar-refractivity contribution in [3.05, 3.63) is 0 Å². The van der Waals surface area contributed by atoms with Gasteiger partial charge in [0.05, 0.1) is 0 Å². The van der Waals surface area contributed by atoms with Gasteiger partial charge in [-0.05, 0) is 47.3 Å². The van der Waals surface area contributed by atoms with Gasteiger partial charge in [0.1, 0.15) is 0 Å². The van der Waals surface area contributed by atoms with Crippen LogP contribution in [0.3, 0.4) is 0 Å². The molecule has 0 fully saturated rings. The van der Waals surface area contributed by atoms with E-state index in [-0.39, 0.29) is 51.6 Å². The molecule has 0 aromatic heterocycles. The normalized spacial score (nSPS) is 12.6. The van der Waals surface area contributed by atoms with Gasteiger partial charge in [-0.3, -0.25) is 0 Å². The fourth-order valence-electron chi connectivity index (χ4n) is 3.78. The molecular formula is C20H38MnO4. The summed E-state index contributed by atoms with van der Waals surface area (Å²) in [7, 11) is 0. The Bertz CT molecular complexity index is 372. The molecule has 1 radical (unpaired) electrons. The molecule has 0 heterocycles. The molecule has 0 aliphatic rings. The van der Waals surface area contributed by atoms with Gasteiger partial charge in [-0.15, -0.1) is 0 Å². The van der Waals surface area contributed by atoms with E-state index in [0.717, 1.165) is 12.8 Å². The zero-order valence-corrected chi connectivity index (χ0v) is 19.0. The van der Waals surface area contributed by atoms with Crippen molar-refractivity contribution < 1.29 is 36.9 Å². The van der Waals surface area contributed by atoms with E-state index in [9.17, 15) is 19.8 Å². The van der Waals surface area contributed by atoms with Crippen LogP contribution in [0.4, 0.5) is 0 Å². The quantitative estimate of drug-likeness (QED) is 0.645. The summed E-state index contributed by atoms with van der Waals surface area (Å²) in [6, 6.07) is 0. The average Bonchev–Trinajstić information content (AvgIpc) is 2.02. The Morgan fingerprint density at radius 3 is 0.920 bits per heavy atom. The fraction of sp³-hybridized carbons (Fsp3) is 0.900. The number of carboxylic acids is 2. The van der Waals surface area contributed by atoms with Crippen LogP contribution in [0.15, 0.2) is 0 Å². The van der Waals surface area contributed by atoms with Crippen molar-refractivity contribution >= 4 is 11.9 Å². The van der Waals surface area contributed by atoms with Crippen LogP contribution in [-0.2, 0) is 26.7 Å². The molecule has 0 amide bonds. The Kier molecular flexibility index (Phi) is 12.4. The maximum atomic E-state index is 10.4. The van der Waals surface area contributed by atoms with E-state index in [1.807, 2.05) is 27.7 Å². The summed E-state index contributed by atoms with van der Waals surface area (Å²) in [6.07, 6.45) is 2.08. The smallest absolute Gasteiger partial charge is 0.550 e. The van der Waals surface area contributed by atoms with E-state index >= 15 is 0 Å². The Labute approximate surface area is 165 Å². The SMILES string of the molecule is CC(C)(C)CC(C)(C)CC(=O)[O-].CC(C)(C)CC(C)(C)CC(=O)[O-].[Mn+2]. The van der Waals surface area contributed by atoms with Crippen molar-refractivity contribution in [2.45, 2.75) is 94.9 Å². The molecule has 25 heavy (non-hydrogen) atoms. The second-order valence-electron chi connectivity index (χ2n) is 10.9. The zero-order valence-electron chi connectivity index (χ0n) is 17.8. The minimum atomic E-state index is -0.954.